The molecule has 6 rings (SSSR count). The number of hydrogen-bond donors (Lipinski definition) is 2. The highest BCUT2D eigenvalue weighted by atomic mass is 79.9. The van der Waals surface area contributed by atoms with E-state index in [1.54, 1.807) is 62.8 Å². The predicted octanol–water partition coefficient (Wildman–Crippen LogP) is 5.66. The van der Waals surface area contributed by atoms with Crippen molar-refractivity contribution in [3.05, 3.63) is 59.7 Å². The Morgan fingerprint density at radius 1 is 1.00 bits per heavy atom. The number of anilines is 5. The van der Waals surface area contributed by atoms with Crippen LogP contribution in [0, 0.1) is 0 Å². The van der Waals surface area contributed by atoms with E-state index in [4.69, 9.17) is 14.2 Å². The molecule has 0 spiro atoms. The van der Waals surface area contributed by atoms with Crippen LogP contribution in [0.4, 0.5) is 28.8 Å². The first-order valence-electron chi connectivity index (χ1n) is 14.8. The molecule has 5 aromatic rings. The zero-order chi connectivity index (χ0) is 33.3. The Balaban J connectivity index is 1.35. The van der Waals surface area contributed by atoms with Crippen LogP contribution in [0.25, 0.3) is 22.2 Å². The van der Waals surface area contributed by atoms with E-state index < -0.39 is 7.37 Å². The minimum atomic E-state index is -2.96. The average Bonchev–Trinajstić information content (AvgIpc) is 3.49. The smallest absolute Gasteiger partial charge is 0.242 e. The van der Waals surface area contributed by atoms with Gasteiger partial charge in [0.1, 0.15) is 17.1 Å². The Kier molecular flexibility index (Phi) is 9.02. The van der Waals surface area contributed by atoms with Gasteiger partial charge in [0.05, 0.1) is 34.7 Å². The molecule has 14 nitrogen and oxygen atoms in total. The normalized spacial score (nSPS) is 13.5. The average molecular weight is 722 g/mol. The maximum absolute atomic E-state index is 12.7. The fraction of sp³-hybridized carbons (Fsp3) is 0.290. The summed E-state index contributed by atoms with van der Waals surface area (Å²) in [6, 6.07) is 7.56. The van der Waals surface area contributed by atoms with Crippen LogP contribution >= 0.6 is 23.3 Å². The highest BCUT2D eigenvalue weighted by Gasteiger charge is 2.24. The molecule has 244 valence electrons. The number of carbonyl (C=O) groups excluding carboxylic acids is 1. The van der Waals surface area contributed by atoms with Gasteiger partial charge < -0.3 is 29.7 Å². The Morgan fingerprint density at radius 3 is 2.45 bits per heavy atom. The lowest BCUT2D eigenvalue weighted by atomic mass is 10.0. The van der Waals surface area contributed by atoms with Gasteiger partial charge in [0.15, 0.2) is 5.75 Å². The van der Waals surface area contributed by atoms with Crippen LogP contribution in [-0.2, 0) is 16.4 Å². The first kappa shape index (κ1) is 32.2. The molecule has 0 saturated carbocycles. The zero-order valence-electron chi connectivity index (χ0n) is 26.6. The number of nitrogens with zero attached hydrogens (tertiary/aromatic N) is 8. The van der Waals surface area contributed by atoms with Gasteiger partial charge in [0.2, 0.25) is 19.2 Å². The summed E-state index contributed by atoms with van der Waals surface area (Å²) >= 11 is 3.55. The molecule has 0 atom stereocenters. The first-order chi connectivity index (χ1) is 22.5. The largest absolute Gasteiger partial charge is 0.494 e. The lowest BCUT2D eigenvalue weighted by Crippen LogP contribution is -2.48. The SMILES string of the molecule is COc1cc(N2CCN(C(C)=O)CC2)c(-c2cnn(C)c2)cc1Nc1ncc(Br)c(Nc2ccc3nccnc3c2OP(C)(C)=O)n1. The number of aryl methyl sites for hydroxylation is 1. The van der Waals surface area contributed by atoms with Crippen LogP contribution < -0.4 is 24.8 Å². The molecule has 16 heteroatoms. The number of aromatic nitrogens is 6. The number of benzene rings is 2. The number of amides is 1. The molecule has 1 aliphatic rings. The number of carbonyl (C=O) groups is 1. The molecule has 1 amide bonds. The van der Waals surface area contributed by atoms with E-state index in [9.17, 15) is 9.36 Å². The highest BCUT2D eigenvalue weighted by molar-refractivity contribution is 9.10. The van der Waals surface area contributed by atoms with Crippen LogP contribution in [0.2, 0.25) is 0 Å². The molecular formula is C31H34BrN10O4P. The predicted molar refractivity (Wildman–Crippen MR) is 186 cm³/mol. The number of fused-ring (bicyclic) bond motifs is 1. The second-order valence-electron chi connectivity index (χ2n) is 11.3. The number of rotatable bonds is 9. The van der Waals surface area contributed by atoms with Gasteiger partial charge in [-0.2, -0.15) is 10.1 Å². The number of nitrogens with one attached hydrogen (secondary N) is 2. The van der Waals surface area contributed by atoms with E-state index in [2.05, 4.69) is 51.5 Å². The second kappa shape index (κ2) is 13.2. The molecular weight excluding hydrogens is 687 g/mol. The van der Waals surface area contributed by atoms with Crippen molar-refractivity contribution in [1.29, 1.82) is 0 Å². The van der Waals surface area contributed by atoms with Gasteiger partial charge in [0.25, 0.3) is 0 Å². The van der Waals surface area contributed by atoms with Crippen molar-refractivity contribution in [2.24, 2.45) is 7.05 Å². The number of halogens is 1. The summed E-state index contributed by atoms with van der Waals surface area (Å²) in [5.41, 5.74) is 5.07. The maximum Gasteiger partial charge on any atom is 0.242 e. The van der Waals surface area contributed by atoms with E-state index in [0.717, 1.165) is 16.8 Å². The van der Waals surface area contributed by atoms with Crippen molar-refractivity contribution < 1.29 is 18.6 Å². The number of hydrogen-bond acceptors (Lipinski definition) is 12. The van der Waals surface area contributed by atoms with Gasteiger partial charge in [-0.15, -0.1) is 0 Å². The number of piperazine rings is 1. The van der Waals surface area contributed by atoms with Gasteiger partial charge in [-0.1, -0.05) is 0 Å². The molecule has 3 aromatic heterocycles. The molecule has 2 aromatic carbocycles. The Bertz CT molecular complexity index is 2010. The Labute approximate surface area is 280 Å². The van der Waals surface area contributed by atoms with Crippen LogP contribution in [0.15, 0.2) is 59.7 Å². The summed E-state index contributed by atoms with van der Waals surface area (Å²) < 4.78 is 26.8. The van der Waals surface area contributed by atoms with E-state index in [1.807, 2.05) is 36.5 Å². The van der Waals surface area contributed by atoms with Gasteiger partial charge in [-0.05, 0) is 34.1 Å². The molecule has 0 radical (unpaired) electrons. The maximum atomic E-state index is 12.7. The fourth-order valence-corrected chi connectivity index (χ4v) is 6.25. The van der Waals surface area contributed by atoms with Gasteiger partial charge in [-0.3, -0.25) is 19.0 Å². The lowest BCUT2D eigenvalue weighted by Gasteiger charge is -2.36. The fourth-order valence-electron chi connectivity index (χ4n) is 5.34. The zero-order valence-corrected chi connectivity index (χ0v) is 29.0. The quantitative estimate of drug-likeness (QED) is 0.181. The van der Waals surface area contributed by atoms with Crippen molar-refractivity contribution in [2.75, 3.05) is 62.2 Å². The second-order valence-corrected chi connectivity index (χ2v) is 14.9. The van der Waals surface area contributed by atoms with E-state index in [-0.39, 0.29) is 5.91 Å². The van der Waals surface area contributed by atoms with Crippen molar-refractivity contribution in [3.63, 3.8) is 0 Å². The van der Waals surface area contributed by atoms with Gasteiger partial charge in [0, 0.05) is 101 Å². The minimum Gasteiger partial charge on any atom is -0.494 e. The van der Waals surface area contributed by atoms with E-state index >= 15 is 0 Å². The van der Waals surface area contributed by atoms with Gasteiger partial charge >= 0.3 is 0 Å². The van der Waals surface area contributed by atoms with Crippen LogP contribution in [0.1, 0.15) is 6.92 Å². The first-order valence-corrected chi connectivity index (χ1v) is 18.1. The molecule has 47 heavy (non-hydrogen) atoms. The van der Waals surface area contributed by atoms with E-state index in [1.165, 1.54) is 0 Å². The molecule has 1 aliphatic heterocycles. The minimum absolute atomic E-state index is 0.0754. The molecule has 1 fully saturated rings. The summed E-state index contributed by atoms with van der Waals surface area (Å²) in [7, 11) is 0.531. The van der Waals surface area contributed by atoms with Crippen molar-refractivity contribution in [3.8, 4) is 22.6 Å². The third-order valence-corrected chi connectivity index (χ3v) is 8.75. The van der Waals surface area contributed by atoms with E-state index in [0.29, 0.717) is 76.3 Å². The lowest BCUT2D eigenvalue weighted by molar-refractivity contribution is -0.129. The van der Waals surface area contributed by atoms with Crippen molar-refractivity contribution >= 4 is 69.1 Å². The monoisotopic (exact) mass is 720 g/mol. The molecule has 1 saturated heterocycles. The Hall–Kier alpha value is -4.75. The molecule has 2 N–H and O–H groups in total. The third kappa shape index (κ3) is 7.15. The summed E-state index contributed by atoms with van der Waals surface area (Å²) in [5, 5.41) is 11.0. The van der Waals surface area contributed by atoms with Crippen LogP contribution in [0.3, 0.4) is 0 Å². The summed E-state index contributed by atoms with van der Waals surface area (Å²) in [6.07, 6.45) is 8.55. The topological polar surface area (TPSA) is 153 Å². The standard InChI is InChI=1S/C31H34BrN10O4P/c1-19(43)41-10-12-42(13-11-41)26-15-27(45-3)25(14-21(26)20-16-36-40(2)18-20)38-31-35-17-22(32)30(39-31)37-24-7-6-23-28(34-9-8-33-23)29(24)46-47(4,5)44/h6-9,14-18H,10-13H2,1-5H3,(H2,35,37,38,39). The van der Waals surface area contributed by atoms with Crippen LogP contribution in [0.5, 0.6) is 11.5 Å². The highest BCUT2D eigenvalue weighted by Crippen LogP contribution is 2.46. The molecule has 4 heterocycles. The third-order valence-electron chi connectivity index (χ3n) is 7.55. The molecule has 0 unspecified atom stereocenters. The Morgan fingerprint density at radius 2 is 1.77 bits per heavy atom. The summed E-state index contributed by atoms with van der Waals surface area (Å²) in [5.74, 6) is 1.71. The summed E-state index contributed by atoms with van der Waals surface area (Å²) in [6.45, 7) is 7.33. The van der Waals surface area contributed by atoms with Crippen molar-refractivity contribution in [2.45, 2.75) is 6.92 Å². The van der Waals surface area contributed by atoms with Crippen molar-refractivity contribution in [1.82, 2.24) is 34.6 Å². The van der Waals surface area contributed by atoms with Gasteiger partial charge in [-0.25, -0.2) is 9.97 Å². The summed E-state index contributed by atoms with van der Waals surface area (Å²) in [4.78, 5) is 34.1. The van der Waals surface area contributed by atoms with Crippen LogP contribution in [-0.4, -0.2) is 87.1 Å². The molecule has 0 aliphatic carbocycles. The number of methoxy groups -OCH3 is 1. The molecule has 0 bridgehead atoms. The number of ether oxygens (including phenoxy) is 1.